The lowest BCUT2D eigenvalue weighted by molar-refractivity contribution is -0.137. The van der Waals surface area contributed by atoms with Crippen LogP contribution in [-0.4, -0.2) is 35.5 Å². The van der Waals surface area contributed by atoms with Gasteiger partial charge in [0.05, 0.1) is 11.3 Å². The highest BCUT2D eigenvalue weighted by Gasteiger charge is 2.30. The number of piperidine rings is 1. The summed E-state index contributed by atoms with van der Waals surface area (Å²) in [4.78, 5) is 18.2. The smallest absolute Gasteiger partial charge is 0.385 e. The Morgan fingerprint density at radius 1 is 1.26 bits per heavy atom. The number of nitrogens with zero attached hydrogens (tertiary/aromatic N) is 2. The molecule has 0 spiro atoms. The number of nitrogens with one attached hydrogen (secondary N) is 2. The number of alkyl halides is 3. The molecule has 0 radical (unpaired) electrons. The normalized spacial score (nSPS) is 15.6. The molecule has 1 aliphatic rings. The third-order valence-corrected chi connectivity index (χ3v) is 5.42. The molecule has 2 heterocycles. The van der Waals surface area contributed by atoms with E-state index >= 15 is 0 Å². The average molecular weight is 398 g/mol. The average Bonchev–Trinajstić information content (AvgIpc) is 3.04. The molecular weight excluding hydrogens is 377 g/mol. The predicted molar refractivity (Wildman–Crippen MR) is 100 cm³/mol. The molecule has 0 bridgehead atoms. The summed E-state index contributed by atoms with van der Waals surface area (Å²) in [5.41, 5.74) is 0.897. The van der Waals surface area contributed by atoms with Gasteiger partial charge in [0.2, 0.25) is 0 Å². The largest absolute Gasteiger partial charge is 0.416 e. The Kier molecular flexibility index (Phi) is 5.88. The summed E-state index contributed by atoms with van der Waals surface area (Å²) in [6.07, 6.45) is -2.63. The van der Waals surface area contributed by atoms with Gasteiger partial charge in [0.1, 0.15) is 0 Å². The van der Waals surface area contributed by atoms with Crippen molar-refractivity contribution >= 4 is 28.2 Å². The molecule has 1 aromatic heterocycles. The molecule has 1 aliphatic heterocycles. The fourth-order valence-corrected chi connectivity index (χ4v) is 3.64. The Balaban J connectivity index is 1.42. The van der Waals surface area contributed by atoms with Crippen LogP contribution < -0.4 is 10.6 Å². The number of carbonyl (C=O) groups excluding carboxylic acids is 1. The van der Waals surface area contributed by atoms with Gasteiger partial charge >= 0.3 is 12.2 Å². The second-order valence-electron chi connectivity index (χ2n) is 6.61. The number of rotatable bonds is 4. The van der Waals surface area contributed by atoms with E-state index in [2.05, 4.69) is 15.6 Å². The van der Waals surface area contributed by atoms with Crippen molar-refractivity contribution in [3.63, 3.8) is 0 Å². The second-order valence-corrected chi connectivity index (χ2v) is 7.47. The van der Waals surface area contributed by atoms with Crippen molar-refractivity contribution in [3.8, 4) is 0 Å². The number of hydrogen-bond donors (Lipinski definition) is 2. The summed E-state index contributed by atoms with van der Waals surface area (Å²) in [7, 11) is 0. The molecule has 3 rings (SSSR count). The van der Waals surface area contributed by atoms with Crippen LogP contribution in [0.3, 0.4) is 0 Å². The number of urea groups is 1. The molecule has 1 aromatic carbocycles. The summed E-state index contributed by atoms with van der Waals surface area (Å²) in [5.74, 6) is 0.374. The fraction of sp³-hybridized carbons (Fsp3) is 0.444. The van der Waals surface area contributed by atoms with Crippen molar-refractivity contribution in [3.05, 3.63) is 40.9 Å². The van der Waals surface area contributed by atoms with E-state index in [0.29, 0.717) is 36.4 Å². The third-order valence-electron chi connectivity index (χ3n) is 4.54. The molecule has 5 nitrogen and oxygen atoms in total. The Labute approximate surface area is 159 Å². The Bertz CT molecular complexity index is 768. The maximum atomic E-state index is 12.6. The molecule has 2 aromatic rings. The van der Waals surface area contributed by atoms with Crippen molar-refractivity contribution < 1.29 is 18.0 Å². The molecule has 2 amide bonds. The Morgan fingerprint density at radius 2 is 1.93 bits per heavy atom. The van der Waals surface area contributed by atoms with Gasteiger partial charge < -0.3 is 10.2 Å². The van der Waals surface area contributed by atoms with Gasteiger partial charge in [-0.1, -0.05) is 0 Å². The molecule has 0 saturated carbocycles. The van der Waals surface area contributed by atoms with E-state index in [9.17, 15) is 18.0 Å². The van der Waals surface area contributed by atoms with E-state index in [4.69, 9.17) is 0 Å². The molecule has 0 unspecified atom stereocenters. The minimum Gasteiger partial charge on any atom is -0.385 e. The third kappa shape index (κ3) is 5.35. The molecular formula is C18H21F3N4OS. The Morgan fingerprint density at radius 3 is 2.48 bits per heavy atom. The van der Waals surface area contributed by atoms with E-state index in [1.54, 1.807) is 4.90 Å². The summed E-state index contributed by atoms with van der Waals surface area (Å²) < 4.78 is 37.7. The first-order chi connectivity index (χ1) is 12.8. The number of aromatic nitrogens is 1. The molecule has 0 atom stereocenters. The zero-order valence-electron chi connectivity index (χ0n) is 14.8. The van der Waals surface area contributed by atoms with Gasteiger partial charge in [-0.25, -0.2) is 9.78 Å². The van der Waals surface area contributed by atoms with Gasteiger partial charge in [0.25, 0.3) is 0 Å². The zero-order chi connectivity index (χ0) is 19.4. The zero-order valence-corrected chi connectivity index (χ0v) is 15.7. The number of amides is 2. The van der Waals surface area contributed by atoms with Crippen molar-refractivity contribution in [1.82, 2.24) is 9.88 Å². The van der Waals surface area contributed by atoms with Gasteiger partial charge in [-0.05, 0) is 49.9 Å². The van der Waals surface area contributed by atoms with Crippen molar-refractivity contribution in [2.75, 3.05) is 30.3 Å². The second kappa shape index (κ2) is 8.16. The number of carbonyl (C=O) groups is 1. The quantitative estimate of drug-likeness (QED) is 0.776. The minimum absolute atomic E-state index is 0.140. The van der Waals surface area contributed by atoms with Gasteiger partial charge in [-0.2, -0.15) is 13.2 Å². The molecule has 27 heavy (non-hydrogen) atoms. The summed E-state index contributed by atoms with van der Waals surface area (Å²) in [6.45, 7) is 3.85. The standard InChI is InChI=1S/C18H21F3N4OS/c1-12-11-27-16(23-12)24-17(26)25-8-6-13(7-9-25)10-22-15-4-2-14(3-5-15)18(19,20)21/h2-5,11,13,22H,6-10H2,1H3,(H,23,24,26). The van der Waals surface area contributed by atoms with Crippen LogP contribution in [0.1, 0.15) is 24.1 Å². The van der Waals surface area contributed by atoms with Crippen LogP contribution in [0.5, 0.6) is 0 Å². The van der Waals surface area contributed by atoms with Crippen LogP contribution in [0.4, 0.5) is 28.8 Å². The molecule has 1 fully saturated rings. The first-order valence-corrected chi connectivity index (χ1v) is 9.58. The van der Waals surface area contributed by atoms with E-state index in [1.807, 2.05) is 12.3 Å². The maximum absolute atomic E-state index is 12.6. The first kappa shape index (κ1) is 19.5. The minimum atomic E-state index is -4.32. The molecule has 0 aliphatic carbocycles. The summed E-state index contributed by atoms with van der Waals surface area (Å²) in [6, 6.07) is 4.91. The van der Waals surface area contributed by atoms with Gasteiger partial charge in [-0.15, -0.1) is 11.3 Å². The fourth-order valence-electron chi connectivity index (χ4n) is 2.96. The number of thiazole rings is 1. The number of anilines is 2. The number of likely N-dealkylation sites (tertiary alicyclic amines) is 1. The lowest BCUT2D eigenvalue weighted by Crippen LogP contribution is -2.42. The van der Waals surface area contributed by atoms with Crippen LogP contribution in [0.15, 0.2) is 29.6 Å². The SMILES string of the molecule is Cc1csc(NC(=O)N2CCC(CNc3ccc(C(F)(F)F)cc3)CC2)n1. The number of benzene rings is 1. The summed E-state index contributed by atoms with van der Waals surface area (Å²) in [5, 5.41) is 8.48. The Hall–Kier alpha value is -2.29. The van der Waals surface area contributed by atoms with Crippen LogP contribution in [0.25, 0.3) is 0 Å². The number of hydrogen-bond acceptors (Lipinski definition) is 4. The van der Waals surface area contributed by atoms with Crippen molar-refractivity contribution in [2.24, 2.45) is 5.92 Å². The van der Waals surface area contributed by atoms with E-state index < -0.39 is 11.7 Å². The molecule has 9 heteroatoms. The molecule has 2 N–H and O–H groups in total. The highest BCUT2D eigenvalue weighted by molar-refractivity contribution is 7.13. The van der Waals surface area contributed by atoms with Gasteiger partial charge in [0.15, 0.2) is 5.13 Å². The monoisotopic (exact) mass is 398 g/mol. The molecule has 146 valence electrons. The van der Waals surface area contributed by atoms with Crippen LogP contribution >= 0.6 is 11.3 Å². The van der Waals surface area contributed by atoms with Crippen molar-refractivity contribution in [2.45, 2.75) is 25.9 Å². The topological polar surface area (TPSA) is 57.3 Å². The van der Waals surface area contributed by atoms with Crippen LogP contribution in [-0.2, 0) is 6.18 Å². The lowest BCUT2D eigenvalue weighted by atomic mass is 9.97. The van der Waals surface area contributed by atoms with Crippen molar-refractivity contribution in [1.29, 1.82) is 0 Å². The van der Waals surface area contributed by atoms with E-state index in [-0.39, 0.29) is 6.03 Å². The summed E-state index contributed by atoms with van der Waals surface area (Å²) >= 11 is 1.40. The van der Waals surface area contributed by atoms with E-state index in [0.717, 1.165) is 30.7 Å². The van der Waals surface area contributed by atoms with Gasteiger partial charge in [-0.3, -0.25) is 5.32 Å². The van der Waals surface area contributed by atoms with Crippen LogP contribution in [0.2, 0.25) is 0 Å². The predicted octanol–water partition coefficient (Wildman–Crippen LogP) is 4.83. The highest BCUT2D eigenvalue weighted by Crippen LogP contribution is 2.30. The van der Waals surface area contributed by atoms with Crippen LogP contribution in [0, 0.1) is 12.8 Å². The maximum Gasteiger partial charge on any atom is 0.416 e. The first-order valence-electron chi connectivity index (χ1n) is 8.70. The molecule has 1 saturated heterocycles. The van der Waals surface area contributed by atoms with E-state index in [1.165, 1.54) is 23.5 Å². The number of aryl methyl sites for hydroxylation is 1. The number of halogens is 3. The lowest BCUT2D eigenvalue weighted by Gasteiger charge is -2.32. The van der Waals surface area contributed by atoms with Gasteiger partial charge in [0, 0.05) is 30.7 Å². The highest BCUT2D eigenvalue weighted by atomic mass is 32.1.